The topological polar surface area (TPSA) is 97.1 Å². The lowest BCUT2D eigenvalue weighted by molar-refractivity contribution is 0.375. The minimum atomic E-state index is -3.58. The second-order valence-electron chi connectivity index (χ2n) is 4.24. The molecule has 0 aliphatic heterocycles. The van der Waals surface area contributed by atoms with Crippen LogP contribution in [0.5, 0.6) is 0 Å². The zero-order valence-corrected chi connectivity index (χ0v) is 12.2. The molecule has 1 aromatic heterocycles. The van der Waals surface area contributed by atoms with Crippen molar-refractivity contribution in [3.8, 4) is 11.4 Å². The Kier molecular flexibility index (Phi) is 4.99. The van der Waals surface area contributed by atoms with E-state index in [-0.39, 0.29) is 24.1 Å². The lowest BCUT2D eigenvalue weighted by atomic mass is 10.2. The highest BCUT2D eigenvalue weighted by Crippen LogP contribution is 2.15. The van der Waals surface area contributed by atoms with Gasteiger partial charge in [-0.2, -0.15) is 18.1 Å². The average Bonchev–Trinajstić information content (AvgIpc) is 2.93. The first-order valence-electron chi connectivity index (χ1n) is 6.33. The number of halogens is 1. The maximum Gasteiger partial charge on any atom is 0.277 e. The van der Waals surface area contributed by atoms with Gasteiger partial charge in [-0.05, 0) is 30.7 Å². The fourth-order valence-corrected chi connectivity index (χ4v) is 2.38. The zero-order chi connectivity index (χ0) is 15.3. The molecular weight excluding hydrogens is 299 g/mol. The van der Waals surface area contributed by atoms with Crippen LogP contribution in [-0.4, -0.2) is 25.1 Å². The van der Waals surface area contributed by atoms with E-state index in [1.165, 1.54) is 24.3 Å². The van der Waals surface area contributed by atoms with Crippen molar-refractivity contribution in [2.45, 2.75) is 19.9 Å². The standard InChI is InChI=1S/C12H15FN4O3S/c1-2-7-14-21(18,19)15-8-11-16-12(17-20-11)9-3-5-10(13)6-4-9/h3-6,14-15H,2,7-8H2,1H3. The van der Waals surface area contributed by atoms with Crippen LogP contribution in [0.4, 0.5) is 4.39 Å². The molecule has 0 spiro atoms. The van der Waals surface area contributed by atoms with Gasteiger partial charge in [0.1, 0.15) is 5.82 Å². The summed E-state index contributed by atoms with van der Waals surface area (Å²) in [5, 5.41) is 3.72. The van der Waals surface area contributed by atoms with Crippen LogP contribution in [0.2, 0.25) is 0 Å². The van der Waals surface area contributed by atoms with Crippen molar-refractivity contribution in [1.29, 1.82) is 0 Å². The molecule has 1 heterocycles. The molecule has 0 aliphatic rings. The van der Waals surface area contributed by atoms with Crippen molar-refractivity contribution in [2.24, 2.45) is 0 Å². The summed E-state index contributed by atoms with van der Waals surface area (Å²) >= 11 is 0. The summed E-state index contributed by atoms with van der Waals surface area (Å²) in [4.78, 5) is 4.04. The van der Waals surface area contributed by atoms with Gasteiger partial charge in [0.15, 0.2) is 0 Å². The van der Waals surface area contributed by atoms with Crippen LogP contribution >= 0.6 is 0 Å². The molecule has 0 unspecified atom stereocenters. The number of nitrogens with zero attached hydrogens (tertiary/aromatic N) is 2. The van der Waals surface area contributed by atoms with Crippen molar-refractivity contribution in [2.75, 3.05) is 6.54 Å². The van der Waals surface area contributed by atoms with Gasteiger partial charge in [0.25, 0.3) is 10.2 Å². The summed E-state index contributed by atoms with van der Waals surface area (Å²) in [5.41, 5.74) is 0.582. The number of nitrogens with one attached hydrogen (secondary N) is 2. The summed E-state index contributed by atoms with van der Waals surface area (Å²) in [6.07, 6.45) is 0.691. The molecule has 0 saturated carbocycles. The molecule has 0 aliphatic carbocycles. The van der Waals surface area contributed by atoms with Crippen molar-refractivity contribution >= 4 is 10.2 Å². The maximum atomic E-state index is 12.8. The van der Waals surface area contributed by atoms with Gasteiger partial charge in [-0.15, -0.1) is 0 Å². The van der Waals surface area contributed by atoms with Gasteiger partial charge in [0.05, 0.1) is 6.54 Å². The van der Waals surface area contributed by atoms with Crippen LogP contribution in [-0.2, 0) is 16.8 Å². The summed E-state index contributed by atoms with van der Waals surface area (Å²) in [6, 6.07) is 5.58. The lowest BCUT2D eigenvalue weighted by Gasteiger charge is -2.04. The summed E-state index contributed by atoms with van der Waals surface area (Å²) < 4.78 is 45.4. The number of benzene rings is 1. The quantitative estimate of drug-likeness (QED) is 0.800. The minimum Gasteiger partial charge on any atom is -0.338 e. The first-order valence-corrected chi connectivity index (χ1v) is 7.81. The van der Waals surface area contributed by atoms with Crippen LogP contribution in [0.15, 0.2) is 28.8 Å². The van der Waals surface area contributed by atoms with Crippen molar-refractivity contribution in [3.05, 3.63) is 36.0 Å². The number of aromatic nitrogens is 2. The summed E-state index contributed by atoms with van der Waals surface area (Å²) in [6.45, 7) is 2.09. The van der Waals surface area contributed by atoms with E-state index >= 15 is 0 Å². The highest BCUT2D eigenvalue weighted by atomic mass is 32.2. The molecule has 0 fully saturated rings. The highest BCUT2D eigenvalue weighted by molar-refractivity contribution is 7.87. The van der Waals surface area contributed by atoms with Gasteiger partial charge in [0.2, 0.25) is 11.7 Å². The van der Waals surface area contributed by atoms with Gasteiger partial charge in [0, 0.05) is 12.1 Å². The molecule has 1 aromatic carbocycles. The first kappa shape index (κ1) is 15.5. The smallest absolute Gasteiger partial charge is 0.277 e. The van der Waals surface area contributed by atoms with Crippen molar-refractivity contribution in [3.63, 3.8) is 0 Å². The second-order valence-corrected chi connectivity index (χ2v) is 5.82. The lowest BCUT2D eigenvalue weighted by Crippen LogP contribution is -2.36. The minimum absolute atomic E-state index is 0.118. The largest absolute Gasteiger partial charge is 0.338 e. The third-order valence-corrected chi connectivity index (χ3v) is 3.63. The van der Waals surface area contributed by atoms with E-state index in [1.54, 1.807) is 0 Å². The molecule has 2 aromatic rings. The predicted octanol–water partition coefficient (Wildman–Crippen LogP) is 1.21. The van der Waals surface area contributed by atoms with Crippen molar-refractivity contribution in [1.82, 2.24) is 19.6 Å². The molecule has 0 radical (unpaired) electrons. The highest BCUT2D eigenvalue weighted by Gasteiger charge is 2.13. The van der Waals surface area contributed by atoms with E-state index in [9.17, 15) is 12.8 Å². The first-order chi connectivity index (χ1) is 10.00. The Hall–Kier alpha value is -1.84. The Labute approximate surface area is 121 Å². The van der Waals surface area contributed by atoms with E-state index in [0.29, 0.717) is 18.5 Å². The van der Waals surface area contributed by atoms with E-state index in [2.05, 4.69) is 19.6 Å². The molecule has 0 bridgehead atoms. The number of rotatable bonds is 7. The monoisotopic (exact) mass is 314 g/mol. The Bertz CT molecular complexity index is 685. The van der Waals surface area contributed by atoms with Crippen LogP contribution in [0.25, 0.3) is 11.4 Å². The second kappa shape index (κ2) is 6.74. The van der Waals surface area contributed by atoms with Gasteiger partial charge >= 0.3 is 0 Å². The Balaban J connectivity index is 1.99. The zero-order valence-electron chi connectivity index (χ0n) is 11.3. The third kappa shape index (κ3) is 4.59. The van der Waals surface area contributed by atoms with Gasteiger partial charge in [-0.1, -0.05) is 12.1 Å². The van der Waals surface area contributed by atoms with Crippen LogP contribution < -0.4 is 9.44 Å². The predicted molar refractivity (Wildman–Crippen MR) is 73.7 cm³/mol. The van der Waals surface area contributed by atoms with E-state index in [4.69, 9.17) is 4.52 Å². The van der Waals surface area contributed by atoms with Gasteiger partial charge < -0.3 is 4.52 Å². The molecular formula is C12H15FN4O3S. The number of hydrogen-bond donors (Lipinski definition) is 2. The van der Waals surface area contributed by atoms with Gasteiger partial charge in [-0.3, -0.25) is 0 Å². The van der Waals surface area contributed by atoms with E-state index in [0.717, 1.165) is 0 Å². The SMILES string of the molecule is CCCNS(=O)(=O)NCc1nc(-c2ccc(F)cc2)no1. The van der Waals surface area contributed by atoms with Crippen LogP contribution in [0.3, 0.4) is 0 Å². The molecule has 2 N–H and O–H groups in total. The van der Waals surface area contributed by atoms with Crippen LogP contribution in [0, 0.1) is 5.82 Å². The molecule has 21 heavy (non-hydrogen) atoms. The Morgan fingerprint density at radius 3 is 2.62 bits per heavy atom. The molecule has 114 valence electrons. The average molecular weight is 314 g/mol. The van der Waals surface area contributed by atoms with Crippen LogP contribution in [0.1, 0.15) is 19.2 Å². The summed E-state index contributed by atoms with van der Waals surface area (Å²) in [7, 11) is -3.58. The Morgan fingerprint density at radius 2 is 1.95 bits per heavy atom. The van der Waals surface area contributed by atoms with Gasteiger partial charge in [-0.25, -0.2) is 9.11 Å². The maximum absolute atomic E-state index is 12.8. The van der Waals surface area contributed by atoms with E-state index in [1.807, 2.05) is 6.92 Å². The fraction of sp³-hybridized carbons (Fsp3) is 0.333. The molecule has 0 atom stereocenters. The number of hydrogen-bond acceptors (Lipinski definition) is 5. The van der Waals surface area contributed by atoms with E-state index < -0.39 is 10.2 Å². The molecule has 2 rings (SSSR count). The molecule has 7 nitrogen and oxygen atoms in total. The normalized spacial score (nSPS) is 11.7. The molecule has 9 heteroatoms. The Morgan fingerprint density at radius 1 is 1.24 bits per heavy atom. The summed E-state index contributed by atoms with van der Waals surface area (Å²) in [5.74, 6) is 0.0270. The third-order valence-electron chi connectivity index (χ3n) is 2.53. The molecule has 0 saturated heterocycles. The fourth-order valence-electron chi connectivity index (χ4n) is 1.49. The van der Waals surface area contributed by atoms with Crippen molar-refractivity contribution < 1.29 is 17.3 Å². The molecule has 0 amide bonds.